The van der Waals surface area contributed by atoms with E-state index in [4.69, 9.17) is 15.2 Å². The van der Waals surface area contributed by atoms with Crippen molar-refractivity contribution >= 4 is 34.1 Å². The van der Waals surface area contributed by atoms with E-state index in [9.17, 15) is 14.3 Å². The van der Waals surface area contributed by atoms with Gasteiger partial charge in [-0.25, -0.2) is 14.4 Å². The predicted molar refractivity (Wildman–Crippen MR) is 140 cm³/mol. The Labute approximate surface area is 218 Å². The monoisotopic (exact) mass is 523 g/mol. The molecule has 4 rings (SSSR count). The summed E-state index contributed by atoms with van der Waals surface area (Å²) in [6.45, 7) is 3.36. The third kappa shape index (κ3) is 6.52. The minimum Gasteiger partial charge on any atom is -0.493 e. The van der Waals surface area contributed by atoms with E-state index in [1.54, 1.807) is 42.2 Å². The number of aliphatic hydroxyl groups excluding tert-OH is 1. The van der Waals surface area contributed by atoms with E-state index in [0.29, 0.717) is 65.1 Å². The molecule has 0 aliphatic heterocycles. The van der Waals surface area contributed by atoms with Gasteiger partial charge in [0.15, 0.2) is 17.3 Å². The van der Waals surface area contributed by atoms with E-state index in [2.05, 4.69) is 25.5 Å². The highest BCUT2D eigenvalue weighted by molar-refractivity contribution is 5.96. The van der Waals surface area contributed by atoms with Crippen molar-refractivity contribution in [3.05, 3.63) is 60.3 Å². The van der Waals surface area contributed by atoms with E-state index in [1.165, 1.54) is 25.6 Å². The fourth-order valence-electron chi connectivity index (χ4n) is 3.91. The molecule has 0 spiro atoms. The number of rotatable bonds is 13. The maximum Gasteiger partial charge on any atom is 0.223 e. The first-order chi connectivity index (χ1) is 18.4. The molecule has 2 aromatic carbocycles. The predicted octanol–water partition coefficient (Wildman–Crippen LogP) is 2.74. The number of aliphatic hydroxyl groups is 1. The van der Waals surface area contributed by atoms with Crippen LogP contribution >= 0.6 is 0 Å². The number of hydrogen-bond donors (Lipinski definition) is 4. The van der Waals surface area contributed by atoms with Crippen LogP contribution in [-0.4, -0.2) is 64.1 Å². The fourth-order valence-corrected chi connectivity index (χ4v) is 3.91. The van der Waals surface area contributed by atoms with Crippen LogP contribution in [0.15, 0.2) is 48.8 Å². The van der Waals surface area contributed by atoms with Gasteiger partial charge in [-0.3, -0.25) is 14.8 Å². The number of nitrogens with zero attached hydrogens (tertiary/aromatic N) is 4. The molecule has 5 N–H and O–H groups in total. The second-order valence-corrected chi connectivity index (χ2v) is 8.68. The van der Waals surface area contributed by atoms with Gasteiger partial charge in [-0.15, -0.1) is 0 Å². The topological polar surface area (TPSA) is 152 Å². The Kier molecular flexibility index (Phi) is 8.66. The van der Waals surface area contributed by atoms with Crippen LogP contribution in [0.4, 0.5) is 21.7 Å². The number of fused-ring (bicyclic) bond motifs is 1. The van der Waals surface area contributed by atoms with Gasteiger partial charge < -0.3 is 25.6 Å². The molecule has 0 saturated heterocycles. The van der Waals surface area contributed by atoms with Crippen molar-refractivity contribution in [2.45, 2.75) is 25.9 Å². The number of aromatic amines is 1. The van der Waals surface area contributed by atoms with Crippen molar-refractivity contribution in [3.63, 3.8) is 0 Å². The van der Waals surface area contributed by atoms with E-state index >= 15 is 0 Å². The van der Waals surface area contributed by atoms with Crippen molar-refractivity contribution < 1.29 is 23.8 Å². The van der Waals surface area contributed by atoms with Gasteiger partial charge in [-0.1, -0.05) is 6.07 Å². The van der Waals surface area contributed by atoms with Crippen molar-refractivity contribution in [3.8, 4) is 11.5 Å². The lowest BCUT2D eigenvalue weighted by Gasteiger charge is -2.23. The summed E-state index contributed by atoms with van der Waals surface area (Å²) in [6.07, 6.45) is 1.69. The van der Waals surface area contributed by atoms with Crippen molar-refractivity contribution in [2.24, 2.45) is 5.73 Å². The Morgan fingerprint density at radius 3 is 2.82 bits per heavy atom. The highest BCUT2D eigenvalue weighted by atomic mass is 19.1. The van der Waals surface area contributed by atoms with Gasteiger partial charge in [0.25, 0.3) is 0 Å². The van der Waals surface area contributed by atoms with Crippen LogP contribution in [0.1, 0.15) is 19.0 Å². The van der Waals surface area contributed by atoms with Gasteiger partial charge in [0.2, 0.25) is 5.91 Å². The number of halogens is 1. The molecule has 0 saturated carbocycles. The summed E-state index contributed by atoms with van der Waals surface area (Å²) >= 11 is 0. The number of methoxy groups -OCH3 is 1. The number of amides is 1. The summed E-state index contributed by atoms with van der Waals surface area (Å²) in [6, 6.07) is 11.2. The molecule has 1 amide bonds. The van der Waals surface area contributed by atoms with E-state index in [1.807, 2.05) is 0 Å². The van der Waals surface area contributed by atoms with Crippen LogP contribution in [0.3, 0.4) is 0 Å². The Hall–Kier alpha value is -4.29. The minimum atomic E-state index is -0.513. The summed E-state index contributed by atoms with van der Waals surface area (Å²) in [5.41, 5.74) is 6.88. The quantitative estimate of drug-likeness (QED) is 0.194. The largest absolute Gasteiger partial charge is 0.493 e. The Bertz CT molecular complexity index is 1400. The third-order valence-electron chi connectivity index (χ3n) is 5.58. The van der Waals surface area contributed by atoms with E-state index < -0.39 is 17.8 Å². The number of benzene rings is 2. The Morgan fingerprint density at radius 2 is 2.08 bits per heavy atom. The Balaban J connectivity index is 1.70. The summed E-state index contributed by atoms with van der Waals surface area (Å²) in [4.78, 5) is 22.0. The molecule has 0 aliphatic carbocycles. The number of H-pyrrole nitrogens is 1. The first kappa shape index (κ1) is 26.8. The molecule has 0 fully saturated rings. The lowest BCUT2D eigenvalue weighted by atomic mass is 10.1. The molecule has 200 valence electrons. The highest BCUT2D eigenvalue weighted by Gasteiger charge is 2.22. The molecule has 11 nitrogen and oxygen atoms in total. The number of nitrogens with two attached hydrogens (primary N) is 1. The van der Waals surface area contributed by atoms with Crippen LogP contribution in [0.25, 0.3) is 10.9 Å². The van der Waals surface area contributed by atoms with Gasteiger partial charge in [-0.2, -0.15) is 5.10 Å². The first-order valence-corrected chi connectivity index (χ1v) is 12.1. The zero-order valence-electron chi connectivity index (χ0n) is 21.1. The van der Waals surface area contributed by atoms with Gasteiger partial charge in [0, 0.05) is 29.8 Å². The van der Waals surface area contributed by atoms with Gasteiger partial charge in [-0.05, 0) is 44.2 Å². The number of nitrogens with one attached hydrogen (secondary N) is 2. The van der Waals surface area contributed by atoms with E-state index in [-0.39, 0.29) is 6.42 Å². The highest BCUT2D eigenvalue weighted by Crippen LogP contribution is 2.40. The van der Waals surface area contributed by atoms with Crippen LogP contribution in [0, 0.1) is 5.82 Å². The smallest absolute Gasteiger partial charge is 0.223 e. The second kappa shape index (κ2) is 12.3. The lowest BCUT2D eigenvalue weighted by molar-refractivity contribution is -0.117. The van der Waals surface area contributed by atoms with Crippen molar-refractivity contribution in [1.29, 1.82) is 0 Å². The SMILES string of the molecule is COc1cc2c(N(c3cccc(F)c3)c3cc(CC(N)=O)[nH]n3)ncnc2cc1OCCCNC[C@H](C)O. The van der Waals surface area contributed by atoms with Gasteiger partial charge in [0.05, 0.1) is 37.4 Å². The number of hydrogen-bond acceptors (Lipinski definition) is 9. The molecule has 0 bridgehead atoms. The molecule has 0 unspecified atom stereocenters. The van der Waals surface area contributed by atoms with Crippen LogP contribution in [-0.2, 0) is 11.2 Å². The zero-order chi connectivity index (χ0) is 27.1. The van der Waals surface area contributed by atoms with Crippen LogP contribution in [0.5, 0.6) is 11.5 Å². The standard InChI is InChI=1S/C26H30FN7O4/c1-16(35)14-29-7-4-8-38-23-13-21-20(12-22(23)37-2)26(31-15-30-21)34(19-6-3-5-17(27)9-19)25-11-18(32-33-25)10-24(28)36/h3,5-6,9,11-13,15-16,29,35H,4,7-8,10,14H2,1-2H3,(H2,28,36)(H,32,33)/t16-/m0/s1. The van der Waals surface area contributed by atoms with Gasteiger partial charge >= 0.3 is 0 Å². The minimum absolute atomic E-state index is 0.0302. The maximum atomic E-state index is 14.3. The normalized spacial score (nSPS) is 11.9. The zero-order valence-corrected chi connectivity index (χ0v) is 21.1. The molecular formula is C26H30FN7O4. The lowest BCUT2D eigenvalue weighted by Crippen LogP contribution is -2.26. The molecule has 2 aromatic heterocycles. The number of primary amides is 1. The summed E-state index contributed by atoms with van der Waals surface area (Å²) < 4.78 is 25.8. The first-order valence-electron chi connectivity index (χ1n) is 12.1. The van der Waals surface area contributed by atoms with Crippen LogP contribution in [0.2, 0.25) is 0 Å². The number of aromatic nitrogens is 4. The summed E-state index contributed by atoms with van der Waals surface area (Å²) in [7, 11) is 1.54. The van der Waals surface area contributed by atoms with E-state index in [0.717, 1.165) is 6.42 Å². The second-order valence-electron chi connectivity index (χ2n) is 8.68. The number of carbonyl (C=O) groups is 1. The fraction of sp³-hybridized carbons (Fsp3) is 0.308. The molecule has 4 aromatic rings. The maximum absolute atomic E-state index is 14.3. The molecule has 0 radical (unpaired) electrons. The number of carbonyl (C=O) groups excluding carboxylic acids is 1. The number of ether oxygens (including phenoxy) is 2. The third-order valence-corrected chi connectivity index (χ3v) is 5.58. The molecule has 12 heteroatoms. The van der Waals surface area contributed by atoms with Crippen LogP contribution < -0.4 is 25.4 Å². The van der Waals surface area contributed by atoms with Gasteiger partial charge in [0.1, 0.15) is 18.0 Å². The average Bonchev–Trinajstić information content (AvgIpc) is 3.33. The number of anilines is 3. The van der Waals surface area contributed by atoms with Crippen molar-refractivity contribution in [2.75, 3.05) is 31.7 Å². The summed E-state index contributed by atoms with van der Waals surface area (Å²) in [5.74, 6) is 0.846. The summed E-state index contributed by atoms with van der Waals surface area (Å²) in [5, 5.41) is 20.2. The molecule has 1 atom stereocenters. The Morgan fingerprint density at radius 1 is 1.24 bits per heavy atom. The molecular weight excluding hydrogens is 493 g/mol. The molecule has 2 heterocycles. The molecule has 0 aliphatic rings. The molecule has 38 heavy (non-hydrogen) atoms. The van der Waals surface area contributed by atoms with Crippen molar-refractivity contribution in [1.82, 2.24) is 25.5 Å². The average molecular weight is 524 g/mol.